The number of nitrogens with one attached hydrogen (secondary N) is 2. The lowest BCUT2D eigenvalue weighted by Crippen LogP contribution is -2.23. The number of ether oxygens (including phenoxy) is 2. The number of carbonyl (C=O) groups is 3. The summed E-state index contributed by atoms with van der Waals surface area (Å²) in [6.07, 6.45) is 0. The van der Waals surface area contributed by atoms with Crippen molar-refractivity contribution in [2.45, 2.75) is 6.54 Å². The van der Waals surface area contributed by atoms with Crippen molar-refractivity contribution in [3.63, 3.8) is 0 Å². The van der Waals surface area contributed by atoms with Gasteiger partial charge in [0.15, 0.2) is 0 Å². The number of phenols is 1. The molecule has 176 valence electrons. The number of rotatable bonds is 7. The molecule has 0 saturated carbocycles. The maximum absolute atomic E-state index is 13.3. The first-order chi connectivity index (χ1) is 16.2. The number of hydrogen-bond acceptors (Lipinski definition) is 6. The monoisotopic (exact) mass is 470 g/mol. The van der Waals surface area contributed by atoms with Crippen LogP contribution in [-0.2, 0) is 11.3 Å². The van der Waals surface area contributed by atoms with Gasteiger partial charge in [0.2, 0.25) is 0 Å². The minimum absolute atomic E-state index is 0.0376. The molecule has 8 nitrogen and oxygen atoms in total. The standard InChI is InChI=1S/C24H20F2N2O6/c1-33-21-6-3-13(7-19(21)24(32)34-2)12-27-23(31)18-5-4-17(11-20(18)29)28-22(30)14-8-15(25)10-16(26)9-14/h3-11,29H,12H2,1-2H3,(H,27,31)(H,28,30). The smallest absolute Gasteiger partial charge is 0.341 e. The highest BCUT2D eigenvalue weighted by atomic mass is 19.1. The summed E-state index contributed by atoms with van der Waals surface area (Å²) in [4.78, 5) is 36.6. The van der Waals surface area contributed by atoms with E-state index in [0.29, 0.717) is 17.4 Å². The van der Waals surface area contributed by atoms with Crippen LogP contribution in [0.25, 0.3) is 0 Å². The number of amides is 2. The summed E-state index contributed by atoms with van der Waals surface area (Å²) >= 11 is 0. The van der Waals surface area contributed by atoms with Crippen molar-refractivity contribution in [1.29, 1.82) is 0 Å². The minimum atomic E-state index is -0.907. The molecule has 0 aromatic heterocycles. The van der Waals surface area contributed by atoms with E-state index in [2.05, 4.69) is 10.6 Å². The van der Waals surface area contributed by atoms with Gasteiger partial charge in [0.05, 0.1) is 19.8 Å². The van der Waals surface area contributed by atoms with Gasteiger partial charge in [0, 0.05) is 29.9 Å². The van der Waals surface area contributed by atoms with Crippen LogP contribution in [0.4, 0.5) is 14.5 Å². The maximum Gasteiger partial charge on any atom is 0.341 e. The quantitative estimate of drug-likeness (QED) is 0.455. The van der Waals surface area contributed by atoms with Gasteiger partial charge in [-0.15, -0.1) is 0 Å². The van der Waals surface area contributed by atoms with Gasteiger partial charge in [-0.3, -0.25) is 9.59 Å². The van der Waals surface area contributed by atoms with E-state index in [1.54, 1.807) is 12.1 Å². The van der Waals surface area contributed by atoms with Gasteiger partial charge in [-0.1, -0.05) is 6.07 Å². The first-order valence-electron chi connectivity index (χ1n) is 9.85. The molecule has 0 atom stereocenters. The lowest BCUT2D eigenvalue weighted by atomic mass is 10.1. The fraction of sp³-hybridized carbons (Fsp3) is 0.125. The molecule has 3 N–H and O–H groups in total. The predicted octanol–water partition coefficient (Wildman–Crippen LogP) is 3.65. The number of anilines is 1. The number of methoxy groups -OCH3 is 2. The fourth-order valence-corrected chi connectivity index (χ4v) is 3.10. The van der Waals surface area contributed by atoms with Gasteiger partial charge in [-0.25, -0.2) is 13.6 Å². The second-order valence-corrected chi connectivity index (χ2v) is 7.05. The first kappa shape index (κ1) is 24.2. The van der Waals surface area contributed by atoms with E-state index in [1.807, 2.05) is 0 Å². The van der Waals surface area contributed by atoms with Gasteiger partial charge in [0.1, 0.15) is 28.7 Å². The van der Waals surface area contributed by atoms with E-state index in [4.69, 9.17) is 9.47 Å². The Morgan fingerprint density at radius 1 is 0.882 bits per heavy atom. The Bertz CT molecular complexity index is 1240. The Morgan fingerprint density at radius 3 is 2.21 bits per heavy atom. The van der Waals surface area contributed by atoms with Crippen LogP contribution in [-0.4, -0.2) is 37.1 Å². The Labute approximate surface area is 193 Å². The van der Waals surface area contributed by atoms with Gasteiger partial charge in [0.25, 0.3) is 11.8 Å². The number of carbonyl (C=O) groups excluding carboxylic acids is 3. The average Bonchev–Trinajstić information content (AvgIpc) is 2.81. The van der Waals surface area contributed by atoms with Crippen molar-refractivity contribution in [3.05, 3.63) is 88.5 Å². The summed E-state index contributed by atoms with van der Waals surface area (Å²) in [6, 6.07) is 10.9. The highest BCUT2D eigenvalue weighted by Crippen LogP contribution is 2.24. The van der Waals surface area contributed by atoms with Gasteiger partial charge in [-0.2, -0.15) is 0 Å². The Morgan fingerprint density at radius 2 is 1.59 bits per heavy atom. The molecule has 10 heteroatoms. The molecule has 0 unspecified atom stereocenters. The Hall–Kier alpha value is -4.47. The van der Waals surface area contributed by atoms with Crippen LogP contribution in [0.1, 0.15) is 36.6 Å². The van der Waals surface area contributed by atoms with Gasteiger partial charge < -0.3 is 25.2 Å². The minimum Gasteiger partial charge on any atom is -0.507 e. The zero-order chi connectivity index (χ0) is 24.8. The number of esters is 1. The molecule has 3 aromatic carbocycles. The van der Waals surface area contributed by atoms with E-state index in [9.17, 15) is 28.3 Å². The molecule has 0 spiro atoms. The topological polar surface area (TPSA) is 114 Å². The maximum atomic E-state index is 13.3. The zero-order valence-electron chi connectivity index (χ0n) is 18.1. The van der Waals surface area contributed by atoms with E-state index < -0.39 is 35.2 Å². The largest absolute Gasteiger partial charge is 0.507 e. The van der Waals surface area contributed by atoms with Crippen molar-refractivity contribution in [2.24, 2.45) is 0 Å². The predicted molar refractivity (Wildman–Crippen MR) is 118 cm³/mol. The Kier molecular flexibility index (Phi) is 7.42. The highest BCUT2D eigenvalue weighted by Gasteiger charge is 2.16. The molecule has 34 heavy (non-hydrogen) atoms. The third-order valence-corrected chi connectivity index (χ3v) is 4.75. The van der Waals surface area contributed by atoms with Crippen molar-refractivity contribution in [2.75, 3.05) is 19.5 Å². The summed E-state index contributed by atoms with van der Waals surface area (Å²) in [5, 5.41) is 15.2. The molecule has 2 amide bonds. The lowest BCUT2D eigenvalue weighted by molar-refractivity contribution is 0.0596. The molecule has 0 aliphatic carbocycles. The van der Waals surface area contributed by atoms with Crippen LogP contribution in [0.5, 0.6) is 11.5 Å². The van der Waals surface area contributed by atoms with Crippen molar-refractivity contribution in [1.82, 2.24) is 5.32 Å². The van der Waals surface area contributed by atoms with E-state index >= 15 is 0 Å². The number of aromatic hydroxyl groups is 1. The lowest BCUT2D eigenvalue weighted by Gasteiger charge is -2.11. The number of benzene rings is 3. The number of hydrogen-bond donors (Lipinski definition) is 3. The van der Waals surface area contributed by atoms with Crippen molar-refractivity contribution >= 4 is 23.5 Å². The molecule has 0 heterocycles. The SMILES string of the molecule is COC(=O)c1cc(CNC(=O)c2ccc(NC(=O)c3cc(F)cc(F)c3)cc2O)ccc1OC. The molecule has 0 aliphatic heterocycles. The van der Waals surface area contributed by atoms with Crippen LogP contribution >= 0.6 is 0 Å². The van der Waals surface area contributed by atoms with Gasteiger partial charge >= 0.3 is 5.97 Å². The summed E-state index contributed by atoms with van der Waals surface area (Å²) in [5.41, 5.74) is 0.570. The van der Waals surface area contributed by atoms with Crippen molar-refractivity contribution in [3.8, 4) is 11.5 Å². The van der Waals surface area contributed by atoms with Crippen molar-refractivity contribution < 1.29 is 37.7 Å². The molecular formula is C24H20F2N2O6. The second kappa shape index (κ2) is 10.4. The normalized spacial score (nSPS) is 10.4. The van der Waals surface area contributed by atoms with Crippen LogP contribution in [0.2, 0.25) is 0 Å². The first-order valence-corrected chi connectivity index (χ1v) is 9.85. The highest BCUT2D eigenvalue weighted by molar-refractivity contribution is 6.05. The third kappa shape index (κ3) is 5.66. The molecule has 3 rings (SSSR count). The molecule has 3 aromatic rings. The second-order valence-electron chi connectivity index (χ2n) is 7.05. The van der Waals surface area contributed by atoms with E-state index in [-0.39, 0.29) is 28.9 Å². The molecule has 0 aliphatic rings. The molecule has 0 bridgehead atoms. The summed E-state index contributed by atoms with van der Waals surface area (Å²) in [5.74, 6) is -3.93. The van der Waals surface area contributed by atoms with Crippen LogP contribution in [0.3, 0.4) is 0 Å². The summed E-state index contributed by atoms with van der Waals surface area (Å²) < 4.78 is 36.5. The Balaban J connectivity index is 1.68. The van der Waals surface area contributed by atoms with Gasteiger partial charge in [-0.05, 0) is 42.0 Å². The van der Waals surface area contributed by atoms with Crippen LogP contribution in [0, 0.1) is 11.6 Å². The number of phenolic OH excluding ortho intramolecular Hbond substituents is 1. The summed E-state index contributed by atoms with van der Waals surface area (Å²) in [7, 11) is 2.65. The van der Waals surface area contributed by atoms with E-state index in [1.165, 1.54) is 32.4 Å². The van der Waals surface area contributed by atoms with E-state index in [0.717, 1.165) is 18.2 Å². The molecule has 0 fully saturated rings. The molecular weight excluding hydrogens is 450 g/mol. The van der Waals surface area contributed by atoms with Crippen LogP contribution in [0.15, 0.2) is 54.6 Å². The summed E-state index contributed by atoms with van der Waals surface area (Å²) in [6.45, 7) is 0.0376. The van der Waals surface area contributed by atoms with Crippen LogP contribution < -0.4 is 15.4 Å². The zero-order valence-corrected chi connectivity index (χ0v) is 18.1. The fourth-order valence-electron chi connectivity index (χ4n) is 3.10. The third-order valence-electron chi connectivity index (χ3n) is 4.75. The molecule has 0 radical (unpaired) electrons. The number of halogens is 2. The average molecular weight is 470 g/mol. The molecule has 0 saturated heterocycles.